The van der Waals surface area contributed by atoms with Crippen molar-refractivity contribution in [2.24, 2.45) is 0 Å². The molecule has 4 heterocycles. The molecule has 3 N–H and O–H groups in total. The molecule has 0 aromatic carbocycles. The number of amides is 2. The fourth-order valence-corrected chi connectivity index (χ4v) is 4.75. The summed E-state index contributed by atoms with van der Waals surface area (Å²) in [6, 6.07) is 0. The zero-order valence-electron chi connectivity index (χ0n) is 16.3. The quantitative estimate of drug-likeness (QED) is 0.659. The molecule has 2 aromatic rings. The van der Waals surface area contributed by atoms with Crippen LogP contribution in [0, 0.1) is 6.92 Å². The summed E-state index contributed by atoms with van der Waals surface area (Å²) in [7, 11) is 0. The Labute approximate surface area is 171 Å². The molecule has 29 heavy (non-hydrogen) atoms. The van der Waals surface area contributed by atoms with Crippen LogP contribution in [0.15, 0.2) is 11.6 Å². The van der Waals surface area contributed by atoms with E-state index in [-0.39, 0.29) is 17.5 Å². The summed E-state index contributed by atoms with van der Waals surface area (Å²) in [6.07, 6.45) is 1.92. The number of carbonyl (C=O) groups excluding carboxylic acids is 2. The summed E-state index contributed by atoms with van der Waals surface area (Å²) in [5.41, 5.74) is -1.03. The van der Waals surface area contributed by atoms with Gasteiger partial charge in [0, 0.05) is 25.1 Å². The molecule has 2 fully saturated rings. The number of aliphatic hydroxyl groups is 1. The van der Waals surface area contributed by atoms with Crippen LogP contribution in [0.3, 0.4) is 0 Å². The van der Waals surface area contributed by atoms with Crippen LogP contribution in [0.25, 0.3) is 0 Å². The first-order valence-electron chi connectivity index (χ1n) is 9.55. The highest BCUT2D eigenvalue weighted by Gasteiger charge is 2.54. The fourth-order valence-electron chi connectivity index (χ4n) is 4.16. The maximum atomic E-state index is 12.6. The highest BCUT2D eigenvalue weighted by Crippen LogP contribution is 2.40. The van der Waals surface area contributed by atoms with E-state index >= 15 is 0 Å². The third-order valence-corrected chi connectivity index (χ3v) is 6.67. The maximum absolute atomic E-state index is 12.6. The first-order chi connectivity index (χ1) is 13.8. The van der Waals surface area contributed by atoms with Gasteiger partial charge in [-0.25, -0.2) is 4.98 Å². The number of aromatic nitrogens is 4. The van der Waals surface area contributed by atoms with Crippen LogP contribution < -0.4 is 5.32 Å². The van der Waals surface area contributed by atoms with Crippen LogP contribution in [0.2, 0.25) is 0 Å². The van der Waals surface area contributed by atoms with Gasteiger partial charge in [-0.05, 0) is 33.1 Å². The summed E-state index contributed by atoms with van der Waals surface area (Å²) in [6.45, 7) is 4.96. The Morgan fingerprint density at radius 2 is 2.10 bits per heavy atom. The SMILES string of the molecule is Cc1nc(C(=O)N[C@]2(C)CCOC3(CCN(C(=O)c4cn[nH]n4)CC3)[C@H]2O)cs1. The molecule has 0 bridgehead atoms. The second-order valence-corrected chi connectivity index (χ2v) is 8.90. The Morgan fingerprint density at radius 1 is 1.34 bits per heavy atom. The van der Waals surface area contributed by atoms with Crippen LogP contribution in [0.4, 0.5) is 0 Å². The standard InChI is InChI=1S/C18H24N6O4S/c1-11-20-13(10-29-11)14(25)21-17(2)5-8-28-18(16(17)27)3-6-24(7-4-18)15(26)12-9-19-23-22-12/h9-10,16,27H,3-8H2,1-2H3,(H,21,25)(H,19,22,23)/t16-,17+/m0/s1. The minimum Gasteiger partial charge on any atom is -0.388 e. The Morgan fingerprint density at radius 3 is 2.72 bits per heavy atom. The van der Waals surface area contributed by atoms with Gasteiger partial charge >= 0.3 is 0 Å². The summed E-state index contributed by atoms with van der Waals surface area (Å²) >= 11 is 1.41. The van der Waals surface area contributed by atoms with Gasteiger partial charge in [-0.2, -0.15) is 15.4 Å². The molecule has 2 aliphatic heterocycles. The van der Waals surface area contributed by atoms with E-state index in [0.29, 0.717) is 44.7 Å². The molecule has 0 unspecified atom stereocenters. The van der Waals surface area contributed by atoms with Gasteiger partial charge in [-0.15, -0.1) is 11.3 Å². The summed E-state index contributed by atoms with van der Waals surface area (Å²) < 4.78 is 6.04. The van der Waals surface area contributed by atoms with Gasteiger partial charge in [0.1, 0.15) is 11.8 Å². The van der Waals surface area contributed by atoms with E-state index in [9.17, 15) is 14.7 Å². The van der Waals surface area contributed by atoms with Crippen molar-refractivity contribution in [1.82, 2.24) is 30.6 Å². The van der Waals surface area contributed by atoms with E-state index in [2.05, 4.69) is 25.7 Å². The molecule has 10 nitrogen and oxygen atoms in total. The molecule has 0 aliphatic carbocycles. The minimum atomic E-state index is -0.906. The molecule has 2 saturated heterocycles. The van der Waals surface area contributed by atoms with Crippen molar-refractivity contribution in [1.29, 1.82) is 0 Å². The number of thiazole rings is 1. The van der Waals surface area contributed by atoms with Crippen molar-refractivity contribution in [3.63, 3.8) is 0 Å². The number of likely N-dealkylation sites (tertiary alicyclic amines) is 1. The normalized spacial score (nSPS) is 26.4. The topological polar surface area (TPSA) is 133 Å². The average molecular weight is 420 g/mol. The number of ether oxygens (including phenoxy) is 1. The van der Waals surface area contributed by atoms with E-state index in [4.69, 9.17) is 4.74 Å². The summed E-state index contributed by atoms with van der Waals surface area (Å²) in [5, 5.41) is 26.7. The predicted molar refractivity (Wildman–Crippen MR) is 104 cm³/mol. The molecule has 0 saturated carbocycles. The average Bonchev–Trinajstić information content (AvgIpc) is 3.38. The molecule has 156 valence electrons. The molecule has 11 heteroatoms. The third kappa shape index (κ3) is 3.65. The lowest BCUT2D eigenvalue weighted by atomic mass is 9.73. The zero-order valence-corrected chi connectivity index (χ0v) is 17.2. The van der Waals surface area contributed by atoms with Crippen LogP contribution in [0.1, 0.15) is 52.2 Å². The number of hydrogen-bond donors (Lipinski definition) is 3. The van der Waals surface area contributed by atoms with Gasteiger partial charge in [-0.3, -0.25) is 9.59 Å². The number of aryl methyl sites for hydroxylation is 1. The largest absolute Gasteiger partial charge is 0.388 e. The fraction of sp³-hybridized carbons (Fsp3) is 0.611. The number of nitrogens with one attached hydrogen (secondary N) is 2. The predicted octanol–water partition coefficient (Wildman–Crippen LogP) is 0.514. The number of nitrogens with zero attached hydrogens (tertiary/aromatic N) is 4. The summed E-state index contributed by atoms with van der Waals surface area (Å²) in [4.78, 5) is 31.0. The zero-order chi connectivity index (χ0) is 20.6. The Kier molecular flexibility index (Phi) is 5.13. The molecule has 2 aliphatic rings. The minimum absolute atomic E-state index is 0.200. The molecule has 2 atom stereocenters. The van der Waals surface area contributed by atoms with Gasteiger partial charge < -0.3 is 20.1 Å². The van der Waals surface area contributed by atoms with Crippen molar-refractivity contribution in [3.8, 4) is 0 Å². The lowest BCUT2D eigenvalue weighted by molar-refractivity contribution is -0.203. The second kappa shape index (κ2) is 7.47. The Balaban J connectivity index is 1.45. The monoisotopic (exact) mass is 420 g/mol. The molecular weight excluding hydrogens is 396 g/mol. The summed E-state index contributed by atoms with van der Waals surface area (Å²) in [5.74, 6) is -0.500. The van der Waals surface area contributed by atoms with E-state index in [1.807, 2.05) is 13.8 Å². The van der Waals surface area contributed by atoms with Crippen LogP contribution >= 0.6 is 11.3 Å². The van der Waals surface area contributed by atoms with Gasteiger partial charge in [-0.1, -0.05) is 0 Å². The van der Waals surface area contributed by atoms with Crippen molar-refractivity contribution in [3.05, 3.63) is 28.0 Å². The molecule has 4 rings (SSSR count). The van der Waals surface area contributed by atoms with Crippen LogP contribution in [-0.2, 0) is 4.74 Å². The first-order valence-corrected chi connectivity index (χ1v) is 10.4. The van der Waals surface area contributed by atoms with Crippen molar-refractivity contribution < 1.29 is 19.4 Å². The smallest absolute Gasteiger partial charge is 0.276 e. The maximum Gasteiger partial charge on any atom is 0.276 e. The Bertz CT molecular complexity index is 892. The second-order valence-electron chi connectivity index (χ2n) is 7.84. The number of piperidine rings is 1. The van der Waals surface area contributed by atoms with Gasteiger partial charge in [0.25, 0.3) is 11.8 Å². The van der Waals surface area contributed by atoms with Gasteiger partial charge in [0.2, 0.25) is 0 Å². The number of aliphatic hydroxyl groups excluding tert-OH is 1. The molecular formula is C18H24N6O4S. The van der Waals surface area contributed by atoms with E-state index < -0.39 is 17.2 Å². The van der Waals surface area contributed by atoms with Crippen molar-refractivity contribution >= 4 is 23.2 Å². The van der Waals surface area contributed by atoms with Crippen LogP contribution in [-0.4, -0.2) is 79.2 Å². The number of rotatable bonds is 3. The Hall–Kier alpha value is -2.37. The highest BCUT2D eigenvalue weighted by atomic mass is 32.1. The molecule has 2 amide bonds. The van der Waals surface area contributed by atoms with Gasteiger partial charge in [0.15, 0.2) is 5.69 Å². The van der Waals surface area contributed by atoms with E-state index in [0.717, 1.165) is 5.01 Å². The lowest BCUT2D eigenvalue weighted by Gasteiger charge is -2.53. The molecule has 2 aromatic heterocycles. The molecule has 0 radical (unpaired) electrons. The number of aromatic amines is 1. The van der Waals surface area contributed by atoms with E-state index in [1.165, 1.54) is 17.5 Å². The van der Waals surface area contributed by atoms with Crippen molar-refractivity contribution in [2.45, 2.75) is 50.4 Å². The third-order valence-electron chi connectivity index (χ3n) is 5.89. The van der Waals surface area contributed by atoms with Crippen LogP contribution in [0.5, 0.6) is 0 Å². The van der Waals surface area contributed by atoms with Gasteiger partial charge in [0.05, 0.1) is 22.3 Å². The highest BCUT2D eigenvalue weighted by molar-refractivity contribution is 7.09. The van der Waals surface area contributed by atoms with E-state index in [1.54, 1.807) is 10.3 Å². The number of carbonyl (C=O) groups is 2. The molecule has 1 spiro atoms. The lowest BCUT2D eigenvalue weighted by Crippen LogP contribution is -2.69. The first kappa shape index (κ1) is 19.9. The number of H-pyrrole nitrogens is 1. The van der Waals surface area contributed by atoms with Crippen molar-refractivity contribution in [2.75, 3.05) is 19.7 Å². The number of hydrogen-bond acceptors (Lipinski definition) is 8.